The normalized spacial score (nSPS) is 22.1. The minimum absolute atomic E-state index is 0.00532. The Kier molecular flexibility index (Phi) is 7.21. The van der Waals surface area contributed by atoms with Crippen LogP contribution >= 0.6 is 0 Å². The van der Waals surface area contributed by atoms with E-state index in [4.69, 9.17) is 9.47 Å². The van der Waals surface area contributed by atoms with Gasteiger partial charge in [-0.15, -0.1) is 0 Å². The molecule has 3 aromatic rings. The minimum Gasteiger partial charge on any atom is -0.490 e. The Labute approximate surface area is 230 Å². The van der Waals surface area contributed by atoms with Crippen LogP contribution in [0.2, 0.25) is 0 Å². The lowest BCUT2D eigenvalue weighted by molar-refractivity contribution is -0.150. The van der Waals surface area contributed by atoms with Crippen molar-refractivity contribution < 1.29 is 31.4 Å². The van der Waals surface area contributed by atoms with Gasteiger partial charge in [-0.25, -0.2) is 8.78 Å². The zero-order valence-electron chi connectivity index (χ0n) is 21.9. The lowest BCUT2D eigenvalue weighted by atomic mass is 9.80. The van der Waals surface area contributed by atoms with E-state index in [9.17, 15) is 13.2 Å². The van der Waals surface area contributed by atoms with Gasteiger partial charge in [0.2, 0.25) is 0 Å². The van der Waals surface area contributed by atoms with Crippen molar-refractivity contribution in [2.45, 2.75) is 50.6 Å². The van der Waals surface area contributed by atoms with Crippen LogP contribution in [0.25, 0.3) is 0 Å². The van der Waals surface area contributed by atoms with Crippen molar-refractivity contribution in [3.63, 3.8) is 0 Å². The molecule has 1 spiro atoms. The van der Waals surface area contributed by atoms with E-state index >= 15 is 8.78 Å². The van der Waals surface area contributed by atoms with Gasteiger partial charge in [0.05, 0.1) is 18.7 Å². The number of nitrogens with zero attached hydrogens (tertiary/aromatic N) is 1. The molecule has 2 fully saturated rings. The molecule has 0 aromatic heterocycles. The number of rotatable bonds is 7. The van der Waals surface area contributed by atoms with E-state index in [-0.39, 0.29) is 23.8 Å². The van der Waals surface area contributed by atoms with Crippen LogP contribution in [-0.4, -0.2) is 43.4 Å². The summed E-state index contributed by atoms with van der Waals surface area (Å²) in [5.41, 5.74) is 1.91. The molecule has 9 heteroatoms. The first-order valence-corrected chi connectivity index (χ1v) is 13.6. The van der Waals surface area contributed by atoms with Crippen LogP contribution in [0.5, 0.6) is 11.5 Å². The van der Waals surface area contributed by atoms with Gasteiger partial charge in [-0.3, -0.25) is 4.90 Å². The number of fused-ring (bicyclic) bond motifs is 1. The summed E-state index contributed by atoms with van der Waals surface area (Å²) in [5, 5.41) is 3.27. The molecule has 1 saturated carbocycles. The third-order valence-electron chi connectivity index (χ3n) is 8.36. The molecule has 0 radical (unpaired) electrons. The molecule has 1 N–H and O–H groups in total. The molecule has 1 saturated heterocycles. The number of ether oxygens (including phenoxy) is 2. The molecule has 2 aliphatic heterocycles. The second kappa shape index (κ2) is 10.7. The maximum atomic E-state index is 15.6. The lowest BCUT2D eigenvalue weighted by Crippen LogP contribution is -2.52. The predicted molar refractivity (Wildman–Crippen MR) is 140 cm³/mol. The molecule has 0 bridgehead atoms. The average Bonchev–Trinajstić information content (AvgIpc) is 3.33. The van der Waals surface area contributed by atoms with Crippen molar-refractivity contribution >= 4 is 0 Å². The molecule has 0 amide bonds. The molecule has 212 valence electrons. The summed E-state index contributed by atoms with van der Waals surface area (Å²) in [6.45, 7) is 0.882. The second-order valence-corrected chi connectivity index (χ2v) is 11.3. The topological polar surface area (TPSA) is 33.7 Å². The summed E-state index contributed by atoms with van der Waals surface area (Å²) in [5.74, 6) is -1.22. The molecular formula is C31H31F5N2O2. The highest BCUT2D eigenvalue weighted by atomic mass is 19.4. The highest BCUT2D eigenvalue weighted by Crippen LogP contribution is 2.44. The zero-order valence-corrected chi connectivity index (χ0v) is 21.9. The van der Waals surface area contributed by atoms with E-state index < -0.39 is 36.0 Å². The Balaban J connectivity index is 1.27. The number of hydrogen-bond donors (Lipinski definition) is 1. The first-order chi connectivity index (χ1) is 19.2. The summed E-state index contributed by atoms with van der Waals surface area (Å²) in [6, 6.07) is 15.6. The monoisotopic (exact) mass is 558 g/mol. The predicted octanol–water partition coefficient (Wildman–Crippen LogP) is 6.57. The van der Waals surface area contributed by atoms with Crippen molar-refractivity contribution in [1.82, 2.24) is 10.2 Å². The van der Waals surface area contributed by atoms with Gasteiger partial charge in [-0.2, -0.15) is 13.2 Å². The fourth-order valence-corrected chi connectivity index (χ4v) is 6.36. The van der Waals surface area contributed by atoms with E-state index in [1.54, 1.807) is 18.2 Å². The van der Waals surface area contributed by atoms with Gasteiger partial charge in [0, 0.05) is 37.3 Å². The average molecular weight is 559 g/mol. The van der Waals surface area contributed by atoms with Crippen LogP contribution in [0.1, 0.15) is 47.6 Å². The smallest absolute Gasteiger partial charge is 0.401 e. The van der Waals surface area contributed by atoms with E-state index in [2.05, 4.69) is 5.32 Å². The molecule has 1 aliphatic carbocycles. The van der Waals surface area contributed by atoms with Gasteiger partial charge >= 0.3 is 6.18 Å². The van der Waals surface area contributed by atoms with E-state index in [1.165, 1.54) is 0 Å². The van der Waals surface area contributed by atoms with Gasteiger partial charge in [-0.05, 0) is 59.9 Å². The molecule has 6 rings (SSSR count). The third-order valence-corrected chi connectivity index (χ3v) is 8.36. The van der Waals surface area contributed by atoms with Crippen LogP contribution in [0.3, 0.4) is 0 Å². The van der Waals surface area contributed by atoms with Crippen LogP contribution in [0, 0.1) is 17.0 Å². The van der Waals surface area contributed by atoms with Gasteiger partial charge < -0.3 is 14.8 Å². The molecular weight excluding hydrogens is 527 g/mol. The zero-order chi connectivity index (χ0) is 27.9. The van der Waals surface area contributed by atoms with E-state index in [0.29, 0.717) is 29.9 Å². The standard InChI is InChI=1S/C31H31F5N2O2/c32-26-13-24(40-23-8-10-30(15-23)17-37-18-30)14-27(33)28(26)29-25-7-6-22(39-16-20-4-2-1-3-5-20)12-21(25)9-11-38(29)19-31(34,35)36/h1-7,12-14,23,29,37H,8-11,15-19H2. The lowest BCUT2D eigenvalue weighted by Gasteiger charge is -2.39. The molecule has 3 aromatic carbocycles. The Morgan fingerprint density at radius 2 is 1.70 bits per heavy atom. The molecule has 2 unspecified atom stereocenters. The van der Waals surface area contributed by atoms with Gasteiger partial charge in [0.15, 0.2) is 0 Å². The quantitative estimate of drug-likeness (QED) is 0.333. The van der Waals surface area contributed by atoms with Crippen molar-refractivity contribution in [3.8, 4) is 11.5 Å². The molecule has 3 aliphatic rings. The summed E-state index contributed by atoms with van der Waals surface area (Å²) in [6.07, 6.45) is -1.76. The Morgan fingerprint density at radius 1 is 0.950 bits per heavy atom. The first kappa shape index (κ1) is 27.0. The molecule has 2 atom stereocenters. The van der Waals surface area contributed by atoms with Crippen LogP contribution in [0.15, 0.2) is 60.7 Å². The Bertz CT molecular complexity index is 1340. The third kappa shape index (κ3) is 5.67. The summed E-state index contributed by atoms with van der Waals surface area (Å²) in [7, 11) is 0. The maximum absolute atomic E-state index is 15.6. The molecule has 4 nitrogen and oxygen atoms in total. The van der Waals surface area contributed by atoms with Crippen LogP contribution in [-0.2, 0) is 13.0 Å². The highest BCUT2D eigenvalue weighted by Gasteiger charge is 2.45. The molecule has 40 heavy (non-hydrogen) atoms. The Hall–Kier alpha value is -3.17. The van der Waals surface area contributed by atoms with Crippen LogP contribution in [0.4, 0.5) is 22.0 Å². The number of alkyl halides is 3. The van der Waals surface area contributed by atoms with Gasteiger partial charge in [-0.1, -0.05) is 36.4 Å². The number of benzene rings is 3. The van der Waals surface area contributed by atoms with Gasteiger partial charge in [0.1, 0.15) is 29.7 Å². The number of hydrogen-bond acceptors (Lipinski definition) is 4. The van der Waals surface area contributed by atoms with Crippen molar-refractivity contribution in [3.05, 3.63) is 94.6 Å². The minimum atomic E-state index is -4.53. The van der Waals surface area contributed by atoms with Gasteiger partial charge in [0.25, 0.3) is 0 Å². The van der Waals surface area contributed by atoms with Crippen LogP contribution < -0.4 is 14.8 Å². The van der Waals surface area contributed by atoms with E-state index in [0.717, 1.165) is 54.9 Å². The number of nitrogens with one attached hydrogen (secondary N) is 1. The highest BCUT2D eigenvalue weighted by molar-refractivity contribution is 5.46. The fraction of sp³-hybridized carbons (Fsp3) is 0.419. The fourth-order valence-electron chi connectivity index (χ4n) is 6.36. The SMILES string of the molecule is Fc1cc(OC2CCC3(CNC3)C2)cc(F)c1C1c2ccc(OCc3ccccc3)cc2CCN1CC(F)(F)F. The van der Waals surface area contributed by atoms with Crippen molar-refractivity contribution in [1.29, 1.82) is 0 Å². The maximum Gasteiger partial charge on any atom is 0.401 e. The summed E-state index contributed by atoms with van der Waals surface area (Å²) in [4.78, 5) is 1.10. The largest absolute Gasteiger partial charge is 0.490 e. The summed E-state index contributed by atoms with van der Waals surface area (Å²) >= 11 is 0. The second-order valence-electron chi connectivity index (χ2n) is 11.3. The number of halogens is 5. The molecule has 2 heterocycles. The Morgan fingerprint density at radius 3 is 2.35 bits per heavy atom. The van der Waals surface area contributed by atoms with E-state index in [1.807, 2.05) is 30.3 Å². The first-order valence-electron chi connectivity index (χ1n) is 13.6. The van der Waals surface area contributed by atoms with Crippen molar-refractivity contribution in [2.24, 2.45) is 5.41 Å². The summed E-state index contributed by atoms with van der Waals surface area (Å²) < 4.78 is 83.7. The van der Waals surface area contributed by atoms with Crippen molar-refractivity contribution in [2.75, 3.05) is 26.2 Å².